The summed E-state index contributed by atoms with van der Waals surface area (Å²) in [7, 11) is 0. The lowest BCUT2D eigenvalue weighted by molar-refractivity contribution is 0.0458. The molecule has 0 fully saturated rings. The summed E-state index contributed by atoms with van der Waals surface area (Å²) in [4.78, 5) is 4.67. The zero-order valence-electron chi connectivity index (χ0n) is 12.3. The Labute approximate surface area is 115 Å². The van der Waals surface area contributed by atoms with Crippen molar-refractivity contribution < 1.29 is 5.11 Å². The molecule has 2 aromatic rings. The molecular weight excluding hydrogens is 236 g/mol. The average Bonchev–Trinajstić information content (AvgIpc) is 2.75. The van der Waals surface area contributed by atoms with Gasteiger partial charge in [0.25, 0.3) is 0 Å². The summed E-state index contributed by atoms with van der Waals surface area (Å²) in [6.45, 7) is 9.34. The number of aryl methyl sites for hydroxylation is 1. The van der Waals surface area contributed by atoms with E-state index in [0.29, 0.717) is 6.42 Å². The van der Waals surface area contributed by atoms with Gasteiger partial charge < -0.3 is 9.67 Å². The van der Waals surface area contributed by atoms with E-state index in [4.69, 9.17) is 0 Å². The van der Waals surface area contributed by atoms with Crippen molar-refractivity contribution in [2.24, 2.45) is 5.41 Å². The number of aromatic nitrogens is 2. The summed E-state index contributed by atoms with van der Waals surface area (Å²) < 4.78 is 2.20. The van der Waals surface area contributed by atoms with E-state index in [9.17, 15) is 5.11 Å². The second kappa shape index (κ2) is 5.33. The zero-order valence-corrected chi connectivity index (χ0v) is 12.3. The molecule has 1 atom stereocenters. The topological polar surface area (TPSA) is 38.0 Å². The smallest absolute Gasteiger partial charge is 0.112 e. The Kier molecular flexibility index (Phi) is 3.95. The lowest BCUT2D eigenvalue weighted by Crippen LogP contribution is -2.31. The molecular formula is C16H24N2O. The number of imidazole rings is 1. The minimum atomic E-state index is -0.361. The Morgan fingerprint density at radius 1 is 1.26 bits per heavy atom. The number of benzene rings is 1. The van der Waals surface area contributed by atoms with Crippen molar-refractivity contribution in [2.45, 2.75) is 53.2 Å². The van der Waals surface area contributed by atoms with Crippen LogP contribution in [0.15, 0.2) is 24.3 Å². The predicted octanol–water partition coefficient (Wildman–Crippen LogP) is 3.40. The highest BCUT2D eigenvalue weighted by atomic mass is 16.3. The monoisotopic (exact) mass is 260 g/mol. The molecule has 0 aliphatic carbocycles. The maximum atomic E-state index is 10.4. The van der Waals surface area contributed by atoms with Gasteiger partial charge >= 0.3 is 0 Å². The molecule has 0 aliphatic heterocycles. The Morgan fingerprint density at radius 2 is 1.95 bits per heavy atom. The first kappa shape index (κ1) is 14.1. The van der Waals surface area contributed by atoms with Crippen LogP contribution in [-0.2, 0) is 13.0 Å². The molecule has 0 aliphatic rings. The fourth-order valence-electron chi connectivity index (χ4n) is 2.32. The predicted molar refractivity (Wildman–Crippen MR) is 79.2 cm³/mol. The molecule has 104 valence electrons. The van der Waals surface area contributed by atoms with E-state index in [0.717, 1.165) is 29.8 Å². The number of nitrogens with zero attached hydrogens (tertiary/aromatic N) is 2. The largest absolute Gasteiger partial charge is 0.392 e. The SMILES string of the molecule is CCn1c(CC(O)C(C)(C)CC)nc2ccccc21. The van der Waals surface area contributed by atoms with Gasteiger partial charge in [0.15, 0.2) is 0 Å². The van der Waals surface area contributed by atoms with Gasteiger partial charge in [0.2, 0.25) is 0 Å². The lowest BCUT2D eigenvalue weighted by Gasteiger charge is -2.29. The van der Waals surface area contributed by atoms with E-state index in [1.165, 1.54) is 0 Å². The Hall–Kier alpha value is -1.35. The summed E-state index contributed by atoms with van der Waals surface area (Å²) in [5.41, 5.74) is 2.10. The molecule has 2 rings (SSSR count). The molecule has 0 saturated carbocycles. The molecule has 1 aromatic heterocycles. The van der Waals surface area contributed by atoms with E-state index in [1.54, 1.807) is 0 Å². The molecule has 1 unspecified atom stereocenters. The van der Waals surface area contributed by atoms with Crippen molar-refractivity contribution in [1.82, 2.24) is 9.55 Å². The molecule has 0 amide bonds. The second-order valence-electron chi connectivity index (χ2n) is 5.82. The van der Waals surface area contributed by atoms with Crippen LogP contribution in [0.25, 0.3) is 11.0 Å². The normalized spacial score (nSPS) is 13.9. The minimum absolute atomic E-state index is 0.0727. The van der Waals surface area contributed by atoms with Gasteiger partial charge in [-0.1, -0.05) is 32.9 Å². The summed E-state index contributed by atoms with van der Waals surface area (Å²) >= 11 is 0. The van der Waals surface area contributed by atoms with Crippen LogP contribution in [0.4, 0.5) is 0 Å². The number of hydrogen-bond donors (Lipinski definition) is 1. The lowest BCUT2D eigenvalue weighted by atomic mass is 9.82. The van der Waals surface area contributed by atoms with Crippen LogP contribution in [0, 0.1) is 5.41 Å². The van der Waals surface area contributed by atoms with E-state index in [1.807, 2.05) is 18.2 Å². The number of hydrogen-bond acceptors (Lipinski definition) is 2. The Morgan fingerprint density at radius 3 is 2.58 bits per heavy atom. The number of fused-ring (bicyclic) bond motifs is 1. The van der Waals surface area contributed by atoms with Crippen LogP contribution in [0.5, 0.6) is 0 Å². The number of aliphatic hydroxyl groups is 1. The van der Waals surface area contributed by atoms with Gasteiger partial charge in [-0.25, -0.2) is 4.98 Å². The Balaban J connectivity index is 2.35. The first-order valence-electron chi connectivity index (χ1n) is 7.11. The highest BCUT2D eigenvalue weighted by molar-refractivity contribution is 5.75. The quantitative estimate of drug-likeness (QED) is 0.894. The number of aliphatic hydroxyl groups excluding tert-OH is 1. The van der Waals surface area contributed by atoms with Gasteiger partial charge in [0, 0.05) is 13.0 Å². The fourth-order valence-corrected chi connectivity index (χ4v) is 2.32. The average molecular weight is 260 g/mol. The molecule has 0 radical (unpaired) electrons. The summed E-state index contributed by atoms with van der Waals surface area (Å²) in [5, 5.41) is 10.4. The first-order chi connectivity index (χ1) is 8.99. The molecule has 0 spiro atoms. The van der Waals surface area contributed by atoms with Crippen LogP contribution in [0.3, 0.4) is 0 Å². The van der Waals surface area contributed by atoms with Crippen molar-refractivity contribution in [3.63, 3.8) is 0 Å². The maximum absolute atomic E-state index is 10.4. The fraction of sp³-hybridized carbons (Fsp3) is 0.562. The van der Waals surface area contributed by atoms with E-state index in [2.05, 4.69) is 43.3 Å². The second-order valence-corrected chi connectivity index (χ2v) is 5.82. The number of rotatable bonds is 5. The van der Waals surface area contributed by atoms with Gasteiger partial charge in [0.1, 0.15) is 5.82 Å². The molecule has 19 heavy (non-hydrogen) atoms. The van der Waals surface area contributed by atoms with Crippen molar-refractivity contribution in [3.05, 3.63) is 30.1 Å². The van der Waals surface area contributed by atoms with Crippen molar-refractivity contribution in [1.29, 1.82) is 0 Å². The molecule has 3 heteroatoms. The van der Waals surface area contributed by atoms with Crippen molar-refractivity contribution >= 4 is 11.0 Å². The van der Waals surface area contributed by atoms with Crippen molar-refractivity contribution in [2.75, 3.05) is 0 Å². The van der Waals surface area contributed by atoms with Gasteiger partial charge in [-0.15, -0.1) is 0 Å². The molecule has 0 saturated heterocycles. The standard InChI is InChI=1S/C16H24N2O/c1-5-16(3,4)14(19)11-15-17-12-9-7-8-10-13(12)18(15)6-2/h7-10,14,19H,5-6,11H2,1-4H3. The first-order valence-corrected chi connectivity index (χ1v) is 7.11. The van der Waals surface area contributed by atoms with Crippen LogP contribution in [-0.4, -0.2) is 20.8 Å². The van der Waals surface area contributed by atoms with E-state index >= 15 is 0 Å². The third kappa shape index (κ3) is 2.66. The van der Waals surface area contributed by atoms with Crippen LogP contribution >= 0.6 is 0 Å². The van der Waals surface area contributed by atoms with Crippen LogP contribution in [0.2, 0.25) is 0 Å². The molecule has 3 nitrogen and oxygen atoms in total. The molecule has 1 heterocycles. The summed E-state index contributed by atoms with van der Waals surface area (Å²) in [6.07, 6.45) is 1.21. The molecule has 1 N–H and O–H groups in total. The highest BCUT2D eigenvalue weighted by Crippen LogP contribution is 2.28. The van der Waals surface area contributed by atoms with Crippen LogP contribution in [0.1, 0.15) is 39.9 Å². The van der Waals surface area contributed by atoms with Crippen molar-refractivity contribution in [3.8, 4) is 0 Å². The zero-order chi connectivity index (χ0) is 14.0. The highest BCUT2D eigenvalue weighted by Gasteiger charge is 2.27. The van der Waals surface area contributed by atoms with Gasteiger partial charge in [-0.3, -0.25) is 0 Å². The van der Waals surface area contributed by atoms with E-state index < -0.39 is 0 Å². The maximum Gasteiger partial charge on any atom is 0.112 e. The molecule has 1 aromatic carbocycles. The number of para-hydroxylation sites is 2. The van der Waals surface area contributed by atoms with Gasteiger partial charge in [0.05, 0.1) is 17.1 Å². The summed E-state index contributed by atoms with van der Waals surface area (Å²) in [5.74, 6) is 0.984. The minimum Gasteiger partial charge on any atom is -0.392 e. The van der Waals surface area contributed by atoms with Gasteiger partial charge in [-0.05, 0) is 30.9 Å². The third-order valence-corrected chi connectivity index (χ3v) is 4.24. The van der Waals surface area contributed by atoms with Gasteiger partial charge in [-0.2, -0.15) is 0 Å². The van der Waals surface area contributed by atoms with Crippen LogP contribution < -0.4 is 0 Å². The molecule has 0 bridgehead atoms. The summed E-state index contributed by atoms with van der Waals surface area (Å²) in [6, 6.07) is 8.16. The third-order valence-electron chi connectivity index (χ3n) is 4.24. The Bertz CT molecular complexity index is 557. The van der Waals surface area contributed by atoms with E-state index in [-0.39, 0.29) is 11.5 Å².